The van der Waals surface area contributed by atoms with E-state index in [4.69, 9.17) is 4.74 Å². The van der Waals surface area contributed by atoms with Gasteiger partial charge in [0.05, 0.1) is 13.7 Å². The van der Waals surface area contributed by atoms with Crippen molar-refractivity contribution in [3.05, 3.63) is 54.2 Å². The van der Waals surface area contributed by atoms with Gasteiger partial charge in [0.25, 0.3) is 0 Å². The molecule has 2 aromatic rings. The number of pyridine rings is 1. The van der Waals surface area contributed by atoms with Gasteiger partial charge in [-0.05, 0) is 11.6 Å². The van der Waals surface area contributed by atoms with Crippen molar-refractivity contribution in [3.8, 4) is 5.88 Å². The Morgan fingerprint density at radius 2 is 2.05 bits per heavy atom. The molecule has 0 bridgehead atoms. The van der Waals surface area contributed by atoms with Gasteiger partial charge in [-0.15, -0.1) is 0 Å². The van der Waals surface area contributed by atoms with E-state index < -0.39 is 0 Å². The molecule has 104 valence electrons. The zero-order valence-corrected chi connectivity index (χ0v) is 11.3. The van der Waals surface area contributed by atoms with Gasteiger partial charge in [-0.1, -0.05) is 30.3 Å². The molecule has 0 saturated carbocycles. The Hall–Kier alpha value is -2.56. The van der Waals surface area contributed by atoms with Crippen LogP contribution in [0.2, 0.25) is 0 Å². The lowest BCUT2D eigenvalue weighted by atomic mass is 10.2. The van der Waals surface area contributed by atoms with Crippen LogP contribution >= 0.6 is 0 Å². The van der Waals surface area contributed by atoms with Gasteiger partial charge in [-0.3, -0.25) is 4.79 Å². The maximum atomic E-state index is 11.7. The van der Waals surface area contributed by atoms with Crippen molar-refractivity contribution in [1.29, 1.82) is 0 Å². The monoisotopic (exact) mass is 271 g/mol. The van der Waals surface area contributed by atoms with Crippen molar-refractivity contribution in [2.75, 3.05) is 19.0 Å². The van der Waals surface area contributed by atoms with E-state index in [0.29, 0.717) is 12.4 Å². The number of nitrogens with one attached hydrogen (secondary N) is 2. The summed E-state index contributed by atoms with van der Waals surface area (Å²) < 4.78 is 5.02. The maximum Gasteiger partial charge on any atom is 0.239 e. The number of rotatable bonds is 6. The van der Waals surface area contributed by atoms with Gasteiger partial charge in [0.2, 0.25) is 11.8 Å². The molecular weight excluding hydrogens is 254 g/mol. The Morgan fingerprint density at radius 1 is 1.25 bits per heavy atom. The van der Waals surface area contributed by atoms with E-state index in [2.05, 4.69) is 15.6 Å². The Morgan fingerprint density at radius 3 is 2.80 bits per heavy atom. The normalized spacial score (nSPS) is 9.85. The number of hydrogen-bond acceptors (Lipinski definition) is 4. The number of nitrogens with zero attached hydrogens (tertiary/aromatic N) is 1. The molecule has 2 N–H and O–H groups in total. The van der Waals surface area contributed by atoms with Crippen LogP contribution < -0.4 is 15.4 Å². The molecule has 2 rings (SSSR count). The summed E-state index contributed by atoms with van der Waals surface area (Å²) in [6, 6.07) is 13.3. The fourth-order valence-electron chi connectivity index (χ4n) is 1.67. The minimum absolute atomic E-state index is 0.0652. The average Bonchev–Trinajstić information content (AvgIpc) is 2.52. The van der Waals surface area contributed by atoms with E-state index in [1.165, 1.54) is 0 Å². The quantitative estimate of drug-likeness (QED) is 0.841. The third-order valence-electron chi connectivity index (χ3n) is 2.73. The van der Waals surface area contributed by atoms with Gasteiger partial charge in [0, 0.05) is 24.5 Å². The second-order valence-corrected chi connectivity index (χ2v) is 4.20. The predicted molar refractivity (Wildman–Crippen MR) is 77.6 cm³/mol. The first-order valence-electron chi connectivity index (χ1n) is 6.32. The van der Waals surface area contributed by atoms with Crippen LogP contribution in [0.15, 0.2) is 48.7 Å². The molecule has 0 saturated heterocycles. The summed E-state index contributed by atoms with van der Waals surface area (Å²) in [5, 5.41) is 5.87. The van der Waals surface area contributed by atoms with Crippen LogP contribution in [0, 0.1) is 0 Å². The molecule has 0 spiro atoms. The van der Waals surface area contributed by atoms with Gasteiger partial charge in [0.15, 0.2) is 0 Å². The summed E-state index contributed by atoms with van der Waals surface area (Å²) in [5.41, 5.74) is 1.87. The molecule has 5 heteroatoms. The molecule has 0 aliphatic rings. The van der Waals surface area contributed by atoms with Crippen LogP contribution in [0.25, 0.3) is 0 Å². The van der Waals surface area contributed by atoms with Gasteiger partial charge in [0.1, 0.15) is 0 Å². The number of benzene rings is 1. The van der Waals surface area contributed by atoms with Gasteiger partial charge in [-0.2, -0.15) is 0 Å². The van der Waals surface area contributed by atoms with E-state index in [-0.39, 0.29) is 12.5 Å². The molecular formula is C15H17N3O2. The maximum absolute atomic E-state index is 11.7. The molecule has 0 fully saturated rings. The first kappa shape index (κ1) is 13.9. The van der Waals surface area contributed by atoms with E-state index >= 15 is 0 Å². The van der Waals surface area contributed by atoms with E-state index in [1.54, 1.807) is 25.4 Å². The summed E-state index contributed by atoms with van der Waals surface area (Å²) in [4.78, 5) is 15.7. The summed E-state index contributed by atoms with van der Waals surface area (Å²) in [6.45, 7) is 0.737. The zero-order valence-electron chi connectivity index (χ0n) is 11.3. The minimum atomic E-state index is -0.0652. The molecule has 0 aliphatic heterocycles. The lowest BCUT2D eigenvalue weighted by Gasteiger charge is -2.08. The zero-order chi connectivity index (χ0) is 14.2. The summed E-state index contributed by atoms with van der Waals surface area (Å²) in [6.07, 6.45) is 1.63. The number of amides is 1. The third-order valence-corrected chi connectivity index (χ3v) is 2.73. The number of ether oxygens (including phenoxy) is 1. The van der Waals surface area contributed by atoms with Crippen LogP contribution in [0.3, 0.4) is 0 Å². The summed E-state index contributed by atoms with van der Waals surface area (Å²) >= 11 is 0. The first-order valence-corrected chi connectivity index (χ1v) is 6.32. The molecule has 1 amide bonds. The second kappa shape index (κ2) is 7.13. The highest BCUT2D eigenvalue weighted by atomic mass is 16.5. The third kappa shape index (κ3) is 4.28. The number of carbonyl (C=O) groups is 1. The number of methoxy groups -OCH3 is 1. The summed E-state index contributed by atoms with van der Waals surface area (Å²) in [5.74, 6) is 0.448. The van der Waals surface area contributed by atoms with Crippen molar-refractivity contribution in [1.82, 2.24) is 10.3 Å². The van der Waals surface area contributed by atoms with Crippen molar-refractivity contribution in [3.63, 3.8) is 0 Å². The average molecular weight is 271 g/mol. The summed E-state index contributed by atoms with van der Waals surface area (Å²) in [7, 11) is 1.55. The Balaban J connectivity index is 1.77. The predicted octanol–water partition coefficient (Wildman–Crippen LogP) is 1.82. The van der Waals surface area contributed by atoms with Crippen LogP contribution in [0.5, 0.6) is 5.88 Å². The number of hydrogen-bond donors (Lipinski definition) is 2. The molecule has 1 aromatic carbocycles. The van der Waals surface area contributed by atoms with Crippen LogP contribution in [-0.4, -0.2) is 24.5 Å². The van der Waals surface area contributed by atoms with Gasteiger partial charge >= 0.3 is 0 Å². The SMILES string of the molecule is COc1cc(NCC(=O)NCc2ccccc2)ccn1. The molecule has 0 unspecified atom stereocenters. The lowest BCUT2D eigenvalue weighted by Crippen LogP contribution is -2.29. The number of aromatic nitrogens is 1. The molecule has 5 nitrogen and oxygen atoms in total. The number of carbonyl (C=O) groups excluding carboxylic acids is 1. The van der Waals surface area contributed by atoms with E-state index in [9.17, 15) is 4.79 Å². The van der Waals surface area contributed by atoms with Crippen molar-refractivity contribution < 1.29 is 9.53 Å². The van der Waals surface area contributed by atoms with Crippen LogP contribution in [0.4, 0.5) is 5.69 Å². The topological polar surface area (TPSA) is 63.2 Å². The largest absolute Gasteiger partial charge is 0.481 e. The first-order chi connectivity index (χ1) is 9.78. The molecule has 0 aliphatic carbocycles. The lowest BCUT2D eigenvalue weighted by molar-refractivity contribution is -0.119. The smallest absolute Gasteiger partial charge is 0.239 e. The highest BCUT2D eigenvalue weighted by Crippen LogP contribution is 2.12. The Bertz CT molecular complexity index is 558. The van der Waals surface area contributed by atoms with Gasteiger partial charge in [-0.25, -0.2) is 4.98 Å². The fraction of sp³-hybridized carbons (Fsp3) is 0.200. The van der Waals surface area contributed by atoms with Crippen molar-refractivity contribution >= 4 is 11.6 Å². The van der Waals surface area contributed by atoms with Gasteiger partial charge < -0.3 is 15.4 Å². The molecule has 0 atom stereocenters. The number of anilines is 1. The standard InChI is InChI=1S/C15H17N3O2/c1-20-15-9-13(7-8-16-15)17-11-14(19)18-10-12-5-3-2-4-6-12/h2-9H,10-11H2,1H3,(H,16,17)(H,18,19). The molecule has 1 aromatic heterocycles. The van der Waals surface area contributed by atoms with Crippen molar-refractivity contribution in [2.45, 2.75) is 6.54 Å². The molecule has 20 heavy (non-hydrogen) atoms. The van der Waals surface area contributed by atoms with E-state index in [0.717, 1.165) is 11.3 Å². The van der Waals surface area contributed by atoms with Crippen LogP contribution in [0.1, 0.15) is 5.56 Å². The molecule has 1 heterocycles. The van der Waals surface area contributed by atoms with E-state index in [1.807, 2.05) is 30.3 Å². The fourth-order valence-corrected chi connectivity index (χ4v) is 1.67. The second-order valence-electron chi connectivity index (χ2n) is 4.20. The minimum Gasteiger partial charge on any atom is -0.481 e. The highest BCUT2D eigenvalue weighted by Gasteiger charge is 2.02. The molecule has 0 radical (unpaired) electrons. The Kier molecular flexibility index (Phi) is 4.94. The highest BCUT2D eigenvalue weighted by molar-refractivity contribution is 5.80. The Labute approximate surface area is 118 Å². The van der Waals surface area contributed by atoms with Crippen molar-refractivity contribution in [2.24, 2.45) is 0 Å². The van der Waals surface area contributed by atoms with Crippen LogP contribution in [-0.2, 0) is 11.3 Å².